The van der Waals surface area contributed by atoms with Gasteiger partial charge in [-0.05, 0) is 32.9 Å². The number of aromatic nitrogens is 1. The molecule has 0 aliphatic heterocycles. The molecule has 0 aliphatic carbocycles. The van der Waals surface area contributed by atoms with Crippen LogP contribution in [0.2, 0.25) is 0 Å². The van der Waals surface area contributed by atoms with Crippen LogP contribution in [0.1, 0.15) is 30.0 Å². The molecule has 0 bridgehead atoms. The van der Waals surface area contributed by atoms with E-state index >= 15 is 0 Å². The fourth-order valence-corrected chi connectivity index (χ4v) is 1.28. The molecule has 0 aromatic carbocycles. The number of carbonyl (C=O) groups is 2. The molecule has 0 radical (unpaired) electrons. The molecule has 0 unspecified atom stereocenters. The summed E-state index contributed by atoms with van der Waals surface area (Å²) in [6.07, 6.45) is 0.614. The van der Waals surface area contributed by atoms with Gasteiger partial charge < -0.3 is 10.1 Å². The third-order valence-electron chi connectivity index (χ3n) is 1.95. The number of hydrogen-bond donors (Lipinski definition) is 1. The first-order chi connectivity index (χ1) is 8.02. The third kappa shape index (κ3) is 4.22. The highest BCUT2D eigenvalue weighted by Gasteiger charge is 2.08. The number of amides is 1. The second-order valence-corrected chi connectivity index (χ2v) is 3.96. The third-order valence-corrected chi connectivity index (χ3v) is 1.95. The van der Waals surface area contributed by atoms with Gasteiger partial charge in [-0.15, -0.1) is 0 Å². The number of hydrogen-bond acceptors (Lipinski definition) is 4. The zero-order chi connectivity index (χ0) is 12.8. The predicted molar refractivity (Wildman–Crippen MR) is 63.1 cm³/mol. The van der Waals surface area contributed by atoms with Crippen molar-refractivity contribution in [2.75, 3.05) is 6.61 Å². The van der Waals surface area contributed by atoms with E-state index in [4.69, 9.17) is 4.74 Å². The molecule has 0 aliphatic rings. The molecule has 1 aromatic rings. The van der Waals surface area contributed by atoms with Crippen LogP contribution in [0.4, 0.5) is 0 Å². The zero-order valence-electron chi connectivity index (χ0n) is 10.2. The van der Waals surface area contributed by atoms with Crippen molar-refractivity contribution in [2.45, 2.75) is 26.8 Å². The Kier molecular flexibility index (Phi) is 4.63. The number of nitrogens with one attached hydrogen (secondary N) is 1. The summed E-state index contributed by atoms with van der Waals surface area (Å²) in [5.41, 5.74) is 0.938. The quantitative estimate of drug-likeness (QED) is 0.777. The SMILES string of the molecule is Cc1ccc(OCC(=O)NC(C)C)c(C=O)n1. The van der Waals surface area contributed by atoms with Crippen LogP contribution in [0, 0.1) is 6.92 Å². The maximum absolute atomic E-state index is 11.3. The lowest BCUT2D eigenvalue weighted by Crippen LogP contribution is -2.34. The molecule has 0 spiro atoms. The van der Waals surface area contributed by atoms with Crippen molar-refractivity contribution in [3.63, 3.8) is 0 Å². The first-order valence-electron chi connectivity index (χ1n) is 5.38. The normalized spacial score (nSPS) is 10.1. The number of aldehydes is 1. The van der Waals surface area contributed by atoms with Gasteiger partial charge in [0.25, 0.3) is 5.91 Å². The van der Waals surface area contributed by atoms with Crippen LogP contribution in [0.15, 0.2) is 12.1 Å². The fraction of sp³-hybridized carbons (Fsp3) is 0.417. The van der Waals surface area contributed by atoms with Gasteiger partial charge in [0.15, 0.2) is 12.9 Å². The number of ether oxygens (including phenoxy) is 1. The summed E-state index contributed by atoms with van der Waals surface area (Å²) in [5, 5.41) is 2.69. The Bertz CT molecular complexity index is 416. The minimum atomic E-state index is -0.225. The van der Waals surface area contributed by atoms with Crippen molar-refractivity contribution < 1.29 is 14.3 Å². The number of rotatable bonds is 5. The fourth-order valence-electron chi connectivity index (χ4n) is 1.28. The standard InChI is InChI=1S/C12H16N2O3/c1-8(2)13-12(16)7-17-11-5-4-9(3)14-10(11)6-15/h4-6,8H,7H2,1-3H3,(H,13,16). The number of carbonyl (C=O) groups excluding carboxylic acids is 2. The second-order valence-electron chi connectivity index (χ2n) is 3.96. The molecular formula is C12H16N2O3. The molecule has 0 saturated heterocycles. The van der Waals surface area contributed by atoms with Gasteiger partial charge in [0.2, 0.25) is 0 Å². The topological polar surface area (TPSA) is 68.3 Å². The van der Waals surface area contributed by atoms with Gasteiger partial charge in [-0.25, -0.2) is 4.98 Å². The first-order valence-corrected chi connectivity index (χ1v) is 5.38. The Morgan fingerprint density at radius 1 is 1.53 bits per heavy atom. The number of nitrogens with zero attached hydrogens (tertiary/aromatic N) is 1. The molecular weight excluding hydrogens is 220 g/mol. The Morgan fingerprint density at radius 2 is 2.24 bits per heavy atom. The van der Waals surface area contributed by atoms with Gasteiger partial charge in [0, 0.05) is 11.7 Å². The molecule has 0 saturated carbocycles. The summed E-state index contributed by atoms with van der Waals surface area (Å²) in [6.45, 7) is 5.39. The van der Waals surface area contributed by atoms with E-state index in [1.54, 1.807) is 19.1 Å². The molecule has 5 nitrogen and oxygen atoms in total. The smallest absolute Gasteiger partial charge is 0.258 e. The second kappa shape index (κ2) is 5.98. The number of aryl methyl sites for hydroxylation is 1. The molecule has 1 heterocycles. The van der Waals surface area contributed by atoms with Crippen molar-refractivity contribution in [3.8, 4) is 5.75 Å². The van der Waals surface area contributed by atoms with E-state index in [9.17, 15) is 9.59 Å². The van der Waals surface area contributed by atoms with Gasteiger partial charge in [-0.2, -0.15) is 0 Å². The van der Waals surface area contributed by atoms with E-state index in [1.165, 1.54) is 0 Å². The van der Waals surface area contributed by atoms with Crippen molar-refractivity contribution >= 4 is 12.2 Å². The van der Waals surface area contributed by atoms with Crippen molar-refractivity contribution in [3.05, 3.63) is 23.5 Å². The van der Waals surface area contributed by atoms with E-state index in [1.807, 2.05) is 13.8 Å². The van der Waals surface area contributed by atoms with Crippen molar-refractivity contribution in [2.24, 2.45) is 0 Å². The summed E-state index contributed by atoms with van der Waals surface area (Å²) >= 11 is 0. The van der Waals surface area contributed by atoms with Gasteiger partial charge >= 0.3 is 0 Å². The van der Waals surface area contributed by atoms with Gasteiger partial charge in [-0.3, -0.25) is 9.59 Å². The lowest BCUT2D eigenvalue weighted by molar-refractivity contribution is -0.123. The van der Waals surface area contributed by atoms with E-state index in [0.717, 1.165) is 5.69 Å². The maximum Gasteiger partial charge on any atom is 0.258 e. The molecule has 1 aromatic heterocycles. The average molecular weight is 236 g/mol. The van der Waals surface area contributed by atoms with Crippen LogP contribution < -0.4 is 10.1 Å². The summed E-state index contributed by atoms with van der Waals surface area (Å²) in [4.78, 5) is 26.1. The van der Waals surface area contributed by atoms with Crippen molar-refractivity contribution in [1.29, 1.82) is 0 Å². The van der Waals surface area contributed by atoms with E-state index in [-0.39, 0.29) is 24.2 Å². The van der Waals surface area contributed by atoms with Gasteiger partial charge in [0.05, 0.1) is 0 Å². The van der Waals surface area contributed by atoms with Crippen LogP contribution in [-0.4, -0.2) is 29.8 Å². The molecule has 5 heteroatoms. The maximum atomic E-state index is 11.3. The molecule has 92 valence electrons. The molecule has 0 atom stereocenters. The highest BCUT2D eigenvalue weighted by atomic mass is 16.5. The monoisotopic (exact) mass is 236 g/mol. The Morgan fingerprint density at radius 3 is 2.82 bits per heavy atom. The van der Waals surface area contributed by atoms with E-state index in [2.05, 4.69) is 10.3 Å². The lowest BCUT2D eigenvalue weighted by atomic mass is 10.3. The molecule has 1 rings (SSSR count). The minimum Gasteiger partial charge on any atom is -0.481 e. The summed E-state index contributed by atoms with van der Waals surface area (Å²) in [6, 6.07) is 3.42. The van der Waals surface area contributed by atoms with E-state index in [0.29, 0.717) is 12.0 Å². The van der Waals surface area contributed by atoms with Crippen LogP contribution in [0.3, 0.4) is 0 Å². The number of pyridine rings is 1. The van der Waals surface area contributed by atoms with Gasteiger partial charge in [-0.1, -0.05) is 0 Å². The molecule has 17 heavy (non-hydrogen) atoms. The average Bonchev–Trinajstić information content (AvgIpc) is 2.26. The van der Waals surface area contributed by atoms with Crippen LogP contribution in [-0.2, 0) is 4.79 Å². The Labute approximate surface area is 100 Å². The highest BCUT2D eigenvalue weighted by molar-refractivity contribution is 5.79. The van der Waals surface area contributed by atoms with Crippen LogP contribution >= 0.6 is 0 Å². The lowest BCUT2D eigenvalue weighted by Gasteiger charge is -2.10. The van der Waals surface area contributed by atoms with E-state index < -0.39 is 0 Å². The minimum absolute atomic E-state index is 0.0628. The molecule has 1 N–H and O–H groups in total. The van der Waals surface area contributed by atoms with Crippen molar-refractivity contribution in [1.82, 2.24) is 10.3 Å². The summed E-state index contributed by atoms with van der Waals surface area (Å²) in [7, 11) is 0. The van der Waals surface area contributed by atoms with Gasteiger partial charge in [0.1, 0.15) is 11.4 Å². The largest absolute Gasteiger partial charge is 0.481 e. The van der Waals surface area contributed by atoms with Crippen LogP contribution in [0.5, 0.6) is 5.75 Å². The first kappa shape index (κ1) is 13.2. The van der Waals surface area contributed by atoms with Crippen LogP contribution in [0.25, 0.3) is 0 Å². The molecule has 1 amide bonds. The predicted octanol–water partition coefficient (Wildman–Crippen LogP) is 1.11. The summed E-state index contributed by atoms with van der Waals surface area (Å²) < 4.78 is 5.24. The summed E-state index contributed by atoms with van der Waals surface area (Å²) in [5.74, 6) is 0.0990. The Balaban J connectivity index is 2.63. The Hall–Kier alpha value is -1.91. The molecule has 0 fully saturated rings. The zero-order valence-corrected chi connectivity index (χ0v) is 10.2. The highest BCUT2D eigenvalue weighted by Crippen LogP contribution is 2.14.